The second kappa shape index (κ2) is 8.55. The van der Waals surface area contributed by atoms with Crippen LogP contribution >= 0.6 is 11.3 Å². The van der Waals surface area contributed by atoms with Crippen molar-refractivity contribution in [2.75, 3.05) is 13.7 Å². The Kier molecular flexibility index (Phi) is 6.69. The first-order valence-electron chi connectivity index (χ1n) is 7.92. The van der Waals surface area contributed by atoms with Gasteiger partial charge in [0.25, 0.3) is 0 Å². The summed E-state index contributed by atoms with van der Waals surface area (Å²) in [5.74, 6) is -0.155. The highest BCUT2D eigenvalue weighted by molar-refractivity contribution is 7.89. The van der Waals surface area contributed by atoms with Gasteiger partial charge >= 0.3 is 5.97 Å². The molecule has 0 atom stereocenters. The fourth-order valence-corrected chi connectivity index (χ4v) is 4.46. The fourth-order valence-electron chi connectivity index (χ4n) is 2.16. The molecule has 0 bridgehead atoms. The van der Waals surface area contributed by atoms with Gasteiger partial charge in [-0.1, -0.05) is 32.0 Å². The fraction of sp³-hybridized carbons (Fsp3) is 0.412. The third-order valence-corrected chi connectivity index (χ3v) is 6.29. The minimum atomic E-state index is -3.63. The molecule has 0 saturated carbocycles. The van der Waals surface area contributed by atoms with Crippen molar-refractivity contribution < 1.29 is 17.9 Å². The molecular weight excluding hydrogens is 360 g/mol. The van der Waals surface area contributed by atoms with Gasteiger partial charge in [-0.05, 0) is 24.5 Å². The molecule has 2 aromatic rings. The molecule has 8 heteroatoms. The van der Waals surface area contributed by atoms with Crippen molar-refractivity contribution in [1.29, 1.82) is 0 Å². The third-order valence-electron chi connectivity index (χ3n) is 3.59. The SMILES string of the molecule is COC(=O)c1csc(CN(CCC(C)C)S(=O)(=O)c2ccccc2)n1. The van der Waals surface area contributed by atoms with Gasteiger partial charge in [-0.25, -0.2) is 18.2 Å². The van der Waals surface area contributed by atoms with E-state index in [9.17, 15) is 13.2 Å². The van der Waals surface area contributed by atoms with Crippen LogP contribution in [-0.4, -0.2) is 37.3 Å². The number of carbonyl (C=O) groups is 1. The highest BCUT2D eigenvalue weighted by atomic mass is 32.2. The molecule has 0 saturated heterocycles. The summed E-state index contributed by atoms with van der Waals surface area (Å²) in [6, 6.07) is 8.35. The summed E-state index contributed by atoms with van der Waals surface area (Å²) in [7, 11) is -2.34. The van der Waals surface area contributed by atoms with Crippen molar-refractivity contribution >= 4 is 27.3 Å². The van der Waals surface area contributed by atoms with Gasteiger partial charge in [-0.15, -0.1) is 11.3 Å². The first kappa shape index (κ1) is 19.6. The van der Waals surface area contributed by atoms with Crippen molar-refractivity contribution in [3.63, 3.8) is 0 Å². The Labute approximate surface area is 152 Å². The molecule has 0 radical (unpaired) electrons. The van der Waals surface area contributed by atoms with Gasteiger partial charge in [0, 0.05) is 11.9 Å². The van der Waals surface area contributed by atoms with Gasteiger partial charge < -0.3 is 4.74 Å². The highest BCUT2D eigenvalue weighted by Crippen LogP contribution is 2.21. The van der Waals surface area contributed by atoms with E-state index in [4.69, 9.17) is 0 Å². The third kappa shape index (κ3) is 5.10. The molecule has 1 aromatic carbocycles. The summed E-state index contributed by atoms with van der Waals surface area (Å²) in [5.41, 5.74) is 0.198. The van der Waals surface area contributed by atoms with Crippen molar-refractivity contribution in [3.8, 4) is 0 Å². The molecule has 0 fully saturated rings. The van der Waals surface area contributed by atoms with E-state index in [-0.39, 0.29) is 17.1 Å². The van der Waals surface area contributed by atoms with Gasteiger partial charge in [0.15, 0.2) is 5.69 Å². The largest absolute Gasteiger partial charge is 0.464 e. The number of esters is 1. The lowest BCUT2D eigenvalue weighted by Crippen LogP contribution is -2.32. The van der Waals surface area contributed by atoms with Crippen LogP contribution in [0.15, 0.2) is 40.6 Å². The lowest BCUT2D eigenvalue weighted by molar-refractivity contribution is 0.0594. The lowest BCUT2D eigenvalue weighted by atomic mass is 10.1. The molecule has 0 unspecified atom stereocenters. The van der Waals surface area contributed by atoms with Crippen molar-refractivity contribution in [1.82, 2.24) is 9.29 Å². The Morgan fingerprint density at radius 3 is 2.56 bits per heavy atom. The van der Waals surface area contributed by atoms with Gasteiger partial charge in [0.2, 0.25) is 10.0 Å². The van der Waals surface area contributed by atoms with Crippen LogP contribution in [0, 0.1) is 5.92 Å². The van der Waals surface area contributed by atoms with Crippen molar-refractivity contribution in [3.05, 3.63) is 46.4 Å². The van der Waals surface area contributed by atoms with E-state index in [0.29, 0.717) is 17.5 Å². The molecule has 0 spiro atoms. The molecule has 1 heterocycles. The smallest absolute Gasteiger partial charge is 0.357 e. The summed E-state index contributed by atoms with van der Waals surface area (Å²) < 4.78 is 32.0. The normalized spacial score (nSPS) is 11.9. The number of hydrogen-bond donors (Lipinski definition) is 0. The van der Waals surface area contributed by atoms with Crippen LogP contribution in [0.5, 0.6) is 0 Å². The average molecular weight is 383 g/mol. The van der Waals surface area contributed by atoms with Crippen LogP contribution in [-0.2, 0) is 21.3 Å². The molecule has 0 amide bonds. The first-order chi connectivity index (χ1) is 11.8. The van der Waals surface area contributed by atoms with Gasteiger partial charge in [-0.2, -0.15) is 4.31 Å². The van der Waals surface area contributed by atoms with Gasteiger partial charge in [0.1, 0.15) is 5.01 Å². The number of ether oxygens (including phenoxy) is 1. The molecule has 1 aromatic heterocycles. The van der Waals surface area contributed by atoms with E-state index >= 15 is 0 Å². The molecule has 0 aliphatic rings. The molecule has 6 nitrogen and oxygen atoms in total. The second-order valence-electron chi connectivity index (χ2n) is 5.95. The average Bonchev–Trinajstić information content (AvgIpc) is 3.07. The lowest BCUT2D eigenvalue weighted by Gasteiger charge is -2.22. The predicted molar refractivity (Wildman–Crippen MR) is 96.9 cm³/mol. The molecule has 136 valence electrons. The zero-order chi connectivity index (χ0) is 18.4. The molecule has 0 N–H and O–H groups in total. The highest BCUT2D eigenvalue weighted by Gasteiger charge is 2.26. The molecular formula is C17H22N2O4S2. The van der Waals surface area contributed by atoms with E-state index in [0.717, 1.165) is 6.42 Å². The number of rotatable bonds is 8. The number of aromatic nitrogens is 1. The standard InChI is InChI=1S/C17H22N2O4S2/c1-13(2)9-10-19(25(21,22)14-7-5-4-6-8-14)11-16-18-15(12-24-16)17(20)23-3/h4-8,12-13H,9-11H2,1-3H3. The number of thiazole rings is 1. The van der Waals surface area contributed by atoms with Crippen LogP contribution in [0.25, 0.3) is 0 Å². The van der Waals surface area contributed by atoms with Crippen LogP contribution in [0.2, 0.25) is 0 Å². The van der Waals surface area contributed by atoms with Crippen LogP contribution in [0.3, 0.4) is 0 Å². The Balaban J connectivity index is 2.27. The summed E-state index contributed by atoms with van der Waals surface area (Å²) in [5, 5.41) is 2.14. The van der Waals surface area contributed by atoms with E-state index < -0.39 is 16.0 Å². The molecule has 0 aliphatic heterocycles. The predicted octanol–water partition coefficient (Wildman–Crippen LogP) is 3.17. The second-order valence-corrected chi connectivity index (χ2v) is 8.83. The maximum atomic E-state index is 13.0. The van der Waals surface area contributed by atoms with Crippen LogP contribution in [0.4, 0.5) is 0 Å². The minimum Gasteiger partial charge on any atom is -0.464 e. The van der Waals surface area contributed by atoms with E-state index in [1.165, 1.54) is 22.8 Å². The Morgan fingerprint density at radius 2 is 1.96 bits per heavy atom. The quantitative estimate of drug-likeness (QED) is 0.656. The minimum absolute atomic E-state index is 0.131. The number of sulfonamides is 1. The molecule has 25 heavy (non-hydrogen) atoms. The number of methoxy groups -OCH3 is 1. The number of carbonyl (C=O) groups excluding carboxylic acids is 1. The summed E-state index contributed by atoms with van der Waals surface area (Å²) in [6.07, 6.45) is 0.737. The van der Waals surface area contributed by atoms with Crippen molar-refractivity contribution in [2.45, 2.75) is 31.7 Å². The van der Waals surface area contributed by atoms with Gasteiger partial charge in [-0.3, -0.25) is 0 Å². The van der Waals surface area contributed by atoms with Crippen LogP contribution in [0.1, 0.15) is 35.8 Å². The van der Waals surface area contributed by atoms with E-state index in [1.807, 2.05) is 13.8 Å². The van der Waals surface area contributed by atoms with Gasteiger partial charge in [0.05, 0.1) is 18.6 Å². The van der Waals surface area contributed by atoms with Crippen LogP contribution < -0.4 is 0 Å². The molecule has 0 aliphatic carbocycles. The summed E-state index contributed by atoms with van der Waals surface area (Å²) in [4.78, 5) is 16.0. The van der Waals surface area contributed by atoms with E-state index in [2.05, 4.69) is 9.72 Å². The first-order valence-corrected chi connectivity index (χ1v) is 10.2. The number of benzene rings is 1. The topological polar surface area (TPSA) is 76.6 Å². The Morgan fingerprint density at radius 1 is 1.28 bits per heavy atom. The summed E-state index contributed by atoms with van der Waals surface area (Å²) >= 11 is 1.25. The van der Waals surface area contributed by atoms with Crippen molar-refractivity contribution in [2.24, 2.45) is 5.92 Å². The summed E-state index contributed by atoms with van der Waals surface area (Å²) in [6.45, 7) is 4.62. The zero-order valence-corrected chi connectivity index (χ0v) is 16.1. The Bertz CT molecular complexity index is 801. The number of nitrogens with zero attached hydrogens (tertiary/aromatic N) is 2. The molecule has 2 rings (SSSR count). The van der Waals surface area contributed by atoms with E-state index in [1.54, 1.807) is 35.7 Å². The zero-order valence-electron chi connectivity index (χ0n) is 14.5. The number of hydrogen-bond acceptors (Lipinski definition) is 6. The Hall–Kier alpha value is -1.77. The monoisotopic (exact) mass is 382 g/mol. The maximum absolute atomic E-state index is 13.0. The maximum Gasteiger partial charge on any atom is 0.357 e.